The summed E-state index contributed by atoms with van der Waals surface area (Å²) in [5, 5.41) is 22.8. The first-order chi connectivity index (χ1) is 16.2. The van der Waals surface area contributed by atoms with E-state index in [4.69, 9.17) is 9.47 Å². The molecule has 0 aromatic carbocycles. The van der Waals surface area contributed by atoms with Crippen molar-refractivity contribution in [2.24, 2.45) is 46.8 Å². The molecular weight excluding hydrogens is 448 g/mol. The standard InChI is InChI=1S/C28H40O7/c1-13(2)24(31)34-23-16(6)27(33)19-9-15(5)21(30)18(19)10-17(12-29)11-20(27)22-26(7,8)28(22,23)35-25(32)14(3)4/h9,11,13-14,16,18-20,22-23,29,33H,10,12H2,1-8H3. The molecule has 4 aliphatic rings. The van der Waals surface area contributed by atoms with Crippen molar-refractivity contribution >= 4 is 17.7 Å². The van der Waals surface area contributed by atoms with E-state index >= 15 is 0 Å². The summed E-state index contributed by atoms with van der Waals surface area (Å²) in [5.74, 6) is -4.06. The number of carbonyl (C=O) groups excluding carboxylic acids is 3. The van der Waals surface area contributed by atoms with Gasteiger partial charge in [-0.3, -0.25) is 14.4 Å². The maximum absolute atomic E-state index is 13.1. The van der Waals surface area contributed by atoms with Gasteiger partial charge in [0.25, 0.3) is 0 Å². The fourth-order valence-electron chi connectivity index (χ4n) is 7.30. The Balaban J connectivity index is 1.92. The Labute approximate surface area is 207 Å². The zero-order valence-corrected chi connectivity index (χ0v) is 22.1. The van der Waals surface area contributed by atoms with Crippen LogP contribution >= 0.6 is 0 Å². The van der Waals surface area contributed by atoms with Crippen LogP contribution in [0.3, 0.4) is 0 Å². The van der Waals surface area contributed by atoms with E-state index in [1.807, 2.05) is 32.9 Å². The number of esters is 2. The Kier molecular flexibility index (Phi) is 6.16. The number of aliphatic hydroxyl groups excluding tert-OH is 1. The Bertz CT molecular complexity index is 1000. The minimum atomic E-state index is -1.43. The zero-order valence-electron chi connectivity index (χ0n) is 22.1. The van der Waals surface area contributed by atoms with Gasteiger partial charge < -0.3 is 19.7 Å². The first-order valence-electron chi connectivity index (χ1n) is 12.8. The number of hydrogen-bond donors (Lipinski definition) is 2. The van der Waals surface area contributed by atoms with Gasteiger partial charge in [-0.25, -0.2) is 0 Å². The number of ketones is 1. The van der Waals surface area contributed by atoms with Crippen LogP contribution in [0, 0.1) is 46.8 Å². The molecule has 7 heteroatoms. The normalized spacial score (nSPS) is 41.3. The Morgan fingerprint density at radius 3 is 2.23 bits per heavy atom. The van der Waals surface area contributed by atoms with Crippen molar-refractivity contribution < 1.29 is 34.1 Å². The molecule has 7 nitrogen and oxygen atoms in total. The van der Waals surface area contributed by atoms with Crippen molar-refractivity contribution in [2.45, 2.75) is 79.1 Å². The number of rotatable bonds is 5. The second kappa shape index (κ2) is 8.27. The number of ether oxygens (including phenoxy) is 2. The molecule has 0 spiro atoms. The third-order valence-electron chi connectivity index (χ3n) is 9.34. The predicted octanol–water partition coefficient (Wildman–Crippen LogP) is 3.23. The molecule has 0 bridgehead atoms. The molecule has 0 saturated heterocycles. The van der Waals surface area contributed by atoms with Crippen LogP contribution < -0.4 is 0 Å². The summed E-state index contributed by atoms with van der Waals surface area (Å²) in [4.78, 5) is 39.0. The molecule has 2 N–H and O–H groups in total. The minimum Gasteiger partial charge on any atom is -0.457 e. The maximum Gasteiger partial charge on any atom is 0.309 e. The second-order valence-corrected chi connectivity index (χ2v) is 12.3. The van der Waals surface area contributed by atoms with Crippen LogP contribution in [0.4, 0.5) is 0 Å². The fourth-order valence-corrected chi connectivity index (χ4v) is 7.30. The first kappa shape index (κ1) is 26.1. The molecule has 0 radical (unpaired) electrons. The number of aliphatic hydroxyl groups is 2. The molecule has 0 aliphatic heterocycles. The number of hydrogen-bond acceptors (Lipinski definition) is 7. The largest absolute Gasteiger partial charge is 0.457 e. The zero-order chi connectivity index (χ0) is 26.2. The topological polar surface area (TPSA) is 110 Å². The summed E-state index contributed by atoms with van der Waals surface area (Å²) in [6.07, 6.45) is 3.25. The van der Waals surface area contributed by atoms with Gasteiger partial charge in [0.1, 0.15) is 6.10 Å². The van der Waals surface area contributed by atoms with Gasteiger partial charge in [0, 0.05) is 35.0 Å². The number of carbonyl (C=O) groups is 3. The van der Waals surface area contributed by atoms with Crippen molar-refractivity contribution in [1.29, 1.82) is 0 Å². The summed E-state index contributed by atoms with van der Waals surface area (Å²) in [6.45, 7) is 14.4. The van der Waals surface area contributed by atoms with Gasteiger partial charge in [0.15, 0.2) is 11.4 Å². The van der Waals surface area contributed by atoms with E-state index < -0.39 is 58.3 Å². The lowest BCUT2D eigenvalue weighted by Crippen LogP contribution is -2.64. The van der Waals surface area contributed by atoms with Crippen molar-refractivity contribution in [3.8, 4) is 0 Å². The minimum absolute atomic E-state index is 0.0236. The maximum atomic E-state index is 13.1. The molecule has 8 atom stereocenters. The predicted molar refractivity (Wildman–Crippen MR) is 129 cm³/mol. The highest BCUT2D eigenvalue weighted by molar-refractivity contribution is 6.00. The molecule has 4 rings (SSSR count). The third-order valence-corrected chi connectivity index (χ3v) is 9.34. The van der Waals surface area contributed by atoms with E-state index in [9.17, 15) is 24.6 Å². The molecule has 35 heavy (non-hydrogen) atoms. The monoisotopic (exact) mass is 488 g/mol. The van der Waals surface area contributed by atoms with Gasteiger partial charge in [-0.1, -0.05) is 60.6 Å². The van der Waals surface area contributed by atoms with E-state index in [2.05, 4.69) is 0 Å². The molecule has 194 valence electrons. The van der Waals surface area contributed by atoms with Crippen LogP contribution in [0.2, 0.25) is 0 Å². The highest BCUT2D eigenvalue weighted by atomic mass is 16.6. The van der Waals surface area contributed by atoms with Crippen LogP contribution in [-0.2, 0) is 23.9 Å². The van der Waals surface area contributed by atoms with Crippen molar-refractivity contribution in [3.05, 3.63) is 23.3 Å². The van der Waals surface area contributed by atoms with Crippen LogP contribution in [0.15, 0.2) is 23.3 Å². The lowest BCUT2D eigenvalue weighted by Gasteiger charge is -2.52. The van der Waals surface area contributed by atoms with Crippen molar-refractivity contribution in [2.75, 3.05) is 6.61 Å². The van der Waals surface area contributed by atoms with E-state index in [0.29, 0.717) is 17.6 Å². The molecule has 0 amide bonds. The van der Waals surface area contributed by atoms with Gasteiger partial charge in [-0.15, -0.1) is 0 Å². The summed E-state index contributed by atoms with van der Waals surface area (Å²) in [6, 6.07) is 0. The van der Waals surface area contributed by atoms with Gasteiger partial charge in [-0.05, 0) is 24.5 Å². The molecule has 4 aliphatic carbocycles. The first-order valence-corrected chi connectivity index (χ1v) is 12.8. The molecular formula is C28H40O7. The van der Waals surface area contributed by atoms with Crippen molar-refractivity contribution in [3.63, 3.8) is 0 Å². The lowest BCUT2D eigenvalue weighted by molar-refractivity contribution is -0.223. The van der Waals surface area contributed by atoms with Crippen LogP contribution in [-0.4, -0.2) is 51.8 Å². The molecule has 0 aromatic rings. The molecule has 8 unspecified atom stereocenters. The summed E-state index contributed by atoms with van der Waals surface area (Å²) < 4.78 is 12.3. The van der Waals surface area contributed by atoms with Crippen molar-refractivity contribution in [1.82, 2.24) is 0 Å². The number of Topliss-reactive ketones (excluding diaryl/α,β-unsaturated/α-hetero) is 1. The molecule has 2 saturated carbocycles. The van der Waals surface area contributed by atoms with E-state index in [-0.39, 0.29) is 30.2 Å². The Morgan fingerprint density at radius 2 is 1.69 bits per heavy atom. The Morgan fingerprint density at radius 1 is 1.09 bits per heavy atom. The average molecular weight is 489 g/mol. The smallest absolute Gasteiger partial charge is 0.309 e. The fraction of sp³-hybridized carbons (Fsp3) is 0.750. The highest BCUT2D eigenvalue weighted by Gasteiger charge is 2.87. The SMILES string of the molecule is CC1=CC2C(CC(CO)=CC3C4C(C)(C)C4(OC(=O)C(C)C)C(OC(=O)C(C)C)C(C)C23O)C1=O. The third kappa shape index (κ3) is 3.41. The molecule has 0 aromatic heterocycles. The van der Waals surface area contributed by atoms with Crippen LogP contribution in [0.5, 0.6) is 0 Å². The van der Waals surface area contributed by atoms with E-state index in [0.717, 1.165) is 0 Å². The van der Waals surface area contributed by atoms with Crippen LogP contribution in [0.25, 0.3) is 0 Å². The number of fused-ring (bicyclic) bond motifs is 5. The second-order valence-electron chi connectivity index (χ2n) is 12.3. The number of allylic oxidation sites excluding steroid dienone is 1. The van der Waals surface area contributed by atoms with E-state index in [1.54, 1.807) is 34.6 Å². The molecule has 2 fully saturated rings. The summed E-state index contributed by atoms with van der Waals surface area (Å²) in [7, 11) is 0. The Hall–Kier alpha value is -1.99. The van der Waals surface area contributed by atoms with Gasteiger partial charge >= 0.3 is 11.9 Å². The van der Waals surface area contributed by atoms with Gasteiger partial charge in [-0.2, -0.15) is 0 Å². The highest BCUT2D eigenvalue weighted by Crippen LogP contribution is 2.77. The summed E-state index contributed by atoms with van der Waals surface area (Å²) in [5.41, 5.74) is -1.85. The summed E-state index contributed by atoms with van der Waals surface area (Å²) >= 11 is 0. The quantitative estimate of drug-likeness (QED) is 0.452. The average Bonchev–Trinajstić information content (AvgIpc) is 3.17. The van der Waals surface area contributed by atoms with E-state index in [1.165, 1.54) is 0 Å². The van der Waals surface area contributed by atoms with Gasteiger partial charge in [0.2, 0.25) is 0 Å². The van der Waals surface area contributed by atoms with Gasteiger partial charge in [0.05, 0.1) is 24.0 Å². The lowest BCUT2D eigenvalue weighted by atomic mass is 9.59. The molecule has 0 heterocycles. The van der Waals surface area contributed by atoms with Crippen LogP contribution in [0.1, 0.15) is 61.8 Å².